The van der Waals surface area contributed by atoms with Gasteiger partial charge >= 0.3 is 0 Å². The summed E-state index contributed by atoms with van der Waals surface area (Å²) in [4.78, 5) is 13.3. The van der Waals surface area contributed by atoms with Crippen molar-refractivity contribution >= 4 is 21.5 Å². The van der Waals surface area contributed by atoms with Crippen LogP contribution in [0.5, 0.6) is 5.88 Å². The third-order valence-corrected chi connectivity index (χ3v) is 7.60. The highest BCUT2D eigenvalue weighted by molar-refractivity contribution is 7.90. The van der Waals surface area contributed by atoms with Gasteiger partial charge in [-0.2, -0.15) is 5.10 Å². The molecule has 172 valence electrons. The quantitative estimate of drug-likeness (QED) is 0.647. The molecule has 1 aliphatic heterocycles. The molecule has 0 fully saturated rings. The molecule has 1 aromatic carbocycles. The predicted molar refractivity (Wildman–Crippen MR) is 119 cm³/mol. The van der Waals surface area contributed by atoms with E-state index in [1.165, 1.54) is 10.2 Å². The number of rotatable bonds is 4. The zero-order valence-electron chi connectivity index (χ0n) is 18.6. The Bertz CT molecular complexity index is 1230. The van der Waals surface area contributed by atoms with E-state index in [9.17, 15) is 9.00 Å². The molecule has 0 saturated heterocycles. The lowest BCUT2D eigenvalue weighted by Crippen LogP contribution is -2.33. The molecule has 3 aliphatic rings. The fourth-order valence-corrected chi connectivity index (χ4v) is 6.03. The number of hydrogen-bond donors (Lipinski definition) is 3. The average molecular weight is 460 g/mol. The number of fused-ring (bicyclic) bond motifs is 3. The predicted octanol–water partition coefficient (Wildman–Crippen LogP) is 2.96. The number of anilines is 1. The summed E-state index contributed by atoms with van der Waals surface area (Å²) in [6, 6.07) is 2.22. The molecule has 4 N–H and O–H groups in total. The number of nitrogens with zero attached hydrogens (tertiary/aromatic N) is 2. The lowest BCUT2D eigenvalue weighted by molar-refractivity contribution is 0.0967. The Hall–Kier alpha value is -2.43. The maximum Gasteiger partial charge on any atom is 0.277 e. The molecule has 2 aromatic rings. The van der Waals surface area contributed by atoms with Gasteiger partial charge in [0.15, 0.2) is 10.6 Å². The van der Waals surface area contributed by atoms with Crippen LogP contribution in [0.1, 0.15) is 65.5 Å². The average Bonchev–Trinajstić information content (AvgIpc) is 3.41. The normalized spacial score (nSPS) is 22.4. The Morgan fingerprint density at radius 1 is 1.38 bits per heavy atom. The number of aromatic nitrogens is 2. The lowest BCUT2D eigenvalue weighted by atomic mass is 9.94. The number of aryl methyl sites for hydroxylation is 1. The zero-order chi connectivity index (χ0) is 22.8. The summed E-state index contributed by atoms with van der Waals surface area (Å²) in [6.45, 7) is 4.87. The Kier molecular flexibility index (Phi) is 4.88. The molecule has 5 rings (SSSR count). The SMILES string of the molecule is CO[C@H]1CCc2c1cc1c(c2NC(=O)c2nn3c(c2S(=N)(N)=O)OCC(C)(C)C3)CCC1. The number of nitrogens with one attached hydrogen (secondary N) is 2. The van der Waals surface area contributed by atoms with Crippen LogP contribution in [0.2, 0.25) is 0 Å². The molecule has 2 atom stereocenters. The van der Waals surface area contributed by atoms with Crippen molar-refractivity contribution in [1.29, 1.82) is 4.78 Å². The molecule has 2 aliphatic carbocycles. The Morgan fingerprint density at radius 3 is 2.88 bits per heavy atom. The largest absolute Gasteiger partial charge is 0.476 e. The third kappa shape index (κ3) is 3.41. The van der Waals surface area contributed by atoms with Crippen LogP contribution in [-0.4, -0.2) is 33.6 Å². The first-order valence-corrected chi connectivity index (χ1v) is 12.5. The summed E-state index contributed by atoms with van der Waals surface area (Å²) in [6.07, 6.45) is 4.60. The van der Waals surface area contributed by atoms with Gasteiger partial charge in [0.2, 0.25) is 5.88 Å². The summed E-state index contributed by atoms with van der Waals surface area (Å²) in [5, 5.41) is 13.2. The van der Waals surface area contributed by atoms with Crippen LogP contribution < -0.4 is 15.2 Å². The summed E-state index contributed by atoms with van der Waals surface area (Å²) >= 11 is 0. The first-order valence-electron chi connectivity index (χ1n) is 10.9. The molecule has 1 unspecified atom stereocenters. The van der Waals surface area contributed by atoms with Crippen molar-refractivity contribution in [2.45, 2.75) is 63.5 Å². The van der Waals surface area contributed by atoms with Gasteiger partial charge in [0, 0.05) is 18.2 Å². The molecule has 1 aromatic heterocycles. The van der Waals surface area contributed by atoms with Crippen molar-refractivity contribution < 1.29 is 18.5 Å². The highest BCUT2D eigenvalue weighted by atomic mass is 32.2. The van der Waals surface area contributed by atoms with Crippen molar-refractivity contribution in [3.8, 4) is 5.88 Å². The Morgan fingerprint density at radius 2 is 2.16 bits per heavy atom. The first-order chi connectivity index (χ1) is 15.1. The van der Waals surface area contributed by atoms with Gasteiger partial charge in [0.25, 0.3) is 5.91 Å². The molecule has 2 heterocycles. The van der Waals surface area contributed by atoms with Crippen molar-refractivity contribution in [2.24, 2.45) is 10.6 Å². The van der Waals surface area contributed by atoms with Crippen molar-refractivity contribution in [3.05, 3.63) is 34.0 Å². The van der Waals surface area contributed by atoms with E-state index in [1.807, 2.05) is 13.8 Å². The molecule has 32 heavy (non-hydrogen) atoms. The standard InChI is InChI=1S/C22H29N5O4S/c1-22(2)10-27-21(31-11-22)19(32(23,24)29)18(26-27)20(28)25-17-13-6-4-5-12(13)9-15-14(17)7-8-16(15)30-3/h9,16H,4-8,10-11H2,1-3H3,(H,25,28)(H3,23,24,29)/t16-/m0/s1. The summed E-state index contributed by atoms with van der Waals surface area (Å²) in [5.41, 5.74) is 5.10. The Balaban J connectivity index is 1.59. The van der Waals surface area contributed by atoms with E-state index in [2.05, 4.69) is 16.5 Å². The fourth-order valence-electron chi connectivity index (χ4n) is 5.18. The van der Waals surface area contributed by atoms with Crippen molar-refractivity contribution in [3.63, 3.8) is 0 Å². The number of carbonyl (C=O) groups excluding carboxylic acids is 1. The van der Waals surface area contributed by atoms with Crippen LogP contribution in [0.3, 0.4) is 0 Å². The second-order valence-electron chi connectivity index (χ2n) is 9.72. The molecule has 9 nitrogen and oxygen atoms in total. The van der Waals surface area contributed by atoms with Crippen molar-refractivity contribution in [1.82, 2.24) is 9.78 Å². The number of benzene rings is 1. The lowest BCUT2D eigenvalue weighted by Gasteiger charge is -2.30. The van der Waals surface area contributed by atoms with Crippen LogP contribution in [0.4, 0.5) is 5.69 Å². The van der Waals surface area contributed by atoms with Gasteiger partial charge in [0.05, 0.1) is 19.3 Å². The monoisotopic (exact) mass is 459 g/mol. The van der Waals surface area contributed by atoms with Crippen LogP contribution >= 0.6 is 0 Å². The smallest absolute Gasteiger partial charge is 0.277 e. The molecule has 10 heteroatoms. The van der Waals surface area contributed by atoms with Gasteiger partial charge in [-0.15, -0.1) is 0 Å². The Labute approximate surface area is 187 Å². The molecular weight excluding hydrogens is 430 g/mol. The molecule has 1 amide bonds. The highest BCUT2D eigenvalue weighted by Crippen LogP contribution is 2.44. The number of hydrogen-bond acceptors (Lipinski definition) is 6. The summed E-state index contributed by atoms with van der Waals surface area (Å²) in [7, 11) is -2.02. The van der Waals surface area contributed by atoms with Crippen LogP contribution in [0, 0.1) is 10.2 Å². The highest BCUT2D eigenvalue weighted by Gasteiger charge is 2.37. The van der Waals surface area contributed by atoms with E-state index < -0.39 is 15.8 Å². The van der Waals surface area contributed by atoms with Gasteiger partial charge in [-0.05, 0) is 54.4 Å². The molecule has 0 bridgehead atoms. The van der Waals surface area contributed by atoms with E-state index >= 15 is 0 Å². The number of methoxy groups -OCH3 is 1. The van der Waals surface area contributed by atoms with E-state index in [0.29, 0.717) is 13.2 Å². The van der Waals surface area contributed by atoms with Gasteiger partial charge in [-0.3, -0.25) is 4.79 Å². The van der Waals surface area contributed by atoms with Gasteiger partial charge < -0.3 is 14.8 Å². The second-order valence-corrected chi connectivity index (χ2v) is 11.3. The summed E-state index contributed by atoms with van der Waals surface area (Å²) in [5.74, 6) is -0.364. The molecular formula is C22H29N5O4S. The molecule has 0 spiro atoms. The van der Waals surface area contributed by atoms with E-state index in [4.69, 9.17) is 19.4 Å². The van der Waals surface area contributed by atoms with Crippen molar-refractivity contribution in [2.75, 3.05) is 19.0 Å². The van der Waals surface area contributed by atoms with E-state index in [1.54, 1.807) is 7.11 Å². The molecule has 0 saturated carbocycles. The van der Waals surface area contributed by atoms with Crippen LogP contribution in [0.25, 0.3) is 0 Å². The minimum absolute atomic E-state index is 0.0219. The zero-order valence-corrected chi connectivity index (χ0v) is 19.4. The van der Waals surface area contributed by atoms with Crippen LogP contribution in [-0.2, 0) is 40.5 Å². The maximum atomic E-state index is 13.5. The van der Waals surface area contributed by atoms with Gasteiger partial charge in [0.1, 0.15) is 9.92 Å². The van der Waals surface area contributed by atoms with E-state index in [0.717, 1.165) is 54.5 Å². The fraction of sp³-hybridized carbons (Fsp3) is 0.545. The number of amides is 1. The number of ether oxygens (including phenoxy) is 2. The first kappa shape index (κ1) is 21.4. The number of carbonyl (C=O) groups is 1. The third-order valence-electron chi connectivity index (χ3n) is 6.63. The molecule has 0 radical (unpaired) electrons. The second kappa shape index (κ2) is 7.29. The topological polar surface area (TPSA) is 132 Å². The van der Waals surface area contributed by atoms with Gasteiger partial charge in [-0.1, -0.05) is 19.9 Å². The van der Waals surface area contributed by atoms with Gasteiger partial charge in [-0.25, -0.2) is 18.8 Å². The van der Waals surface area contributed by atoms with Crippen LogP contribution in [0.15, 0.2) is 11.0 Å². The maximum absolute atomic E-state index is 13.5. The minimum Gasteiger partial charge on any atom is -0.476 e. The number of nitrogens with two attached hydrogens (primary N) is 1. The minimum atomic E-state index is -3.73. The summed E-state index contributed by atoms with van der Waals surface area (Å²) < 4.78 is 33.6. The van der Waals surface area contributed by atoms with E-state index in [-0.39, 0.29) is 28.0 Å².